The van der Waals surface area contributed by atoms with Crippen molar-refractivity contribution >= 4 is 12.0 Å². The third-order valence-electron chi connectivity index (χ3n) is 5.24. The molecule has 0 saturated carbocycles. The van der Waals surface area contributed by atoms with Crippen molar-refractivity contribution in [3.05, 3.63) is 59.7 Å². The topological polar surface area (TPSA) is 84.2 Å². The van der Waals surface area contributed by atoms with Gasteiger partial charge in [0.2, 0.25) is 5.95 Å². The van der Waals surface area contributed by atoms with E-state index < -0.39 is 5.95 Å². The van der Waals surface area contributed by atoms with Crippen LogP contribution in [0.25, 0.3) is 11.5 Å². The minimum absolute atomic E-state index is 0.0540. The maximum atomic E-state index is 14.0. The number of hydrogen-bond acceptors (Lipinski definition) is 5. The van der Waals surface area contributed by atoms with Crippen LogP contribution in [-0.2, 0) is 6.42 Å². The van der Waals surface area contributed by atoms with E-state index in [1.165, 1.54) is 6.20 Å². The number of nitrogens with one attached hydrogen (secondary N) is 1. The van der Waals surface area contributed by atoms with E-state index in [-0.39, 0.29) is 24.1 Å². The molecule has 1 fully saturated rings. The first-order chi connectivity index (χ1) is 13.2. The Morgan fingerprint density at radius 1 is 1.22 bits per heavy atom. The molecular formula is C19H16FN5O2. The van der Waals surface area contributed by atoms with Crippen molar-refractivity contribution in [2.24, 2.45) is 0 Å². The van der Waals surface area contributed by atoms with Gasteiger partial charge < -0.3 is 9.42 Å². The molecule has 136 valence electrons. The highest BCUT2D eigenvalue weighted by Crippen LogP contribution is 2.44. The van der Waals surface area contributed by atoms with Crippen LogP contribution < -0.4 is 5.32 Å². The number of hydrogen-bond donors (Lipinski definition) is 1. The van der Waals surface area contributed by atoms with Crippen molar-refractivity contribution < 1.29 is 13.7 Å². The Labute approximate surface area is 154 Å². The maximum Gasteiger partial charge on any atom is 0.325 e. The number of halogens is 1. The smallest absolute Gasteiger partial charge is 0.325 e. The highest BCUT2D eigenvalue weighted by molar-refractivity contribution is 5.88. The second-order valence-corrected chi connectivity index (χ2v) is 6.75. The monoisotopic (exact) mass is 365 g/mol. The van der Waals surface area contributed by atoms with Crippen molar-refractivity contribution in [3.63, 3.8) is 0 Å². The van der Waals surface area contributed by atoms with Gasteiger partial charge in [-0.2, -0.15) is 9.37 Å². The van der Waals surface area contributed by atoms with Crippen molar-refractivity contribution in [2.45, 2.75) is 31.3 Å². The number of fused-ring (bicyclic) bond motifs is 4. The molecule has 2 amide bonds. The molecular weight excluding hydrogens is 349 g/mol. The van der Waals surface area contributed by atoms with Crippen molar-refractivity contribution in [1.82, 2.24) is 20.0 Å². The summed E-state index contributed by atoms with van der Waals surface area (Å²) in [5, 5.41) is 6.55. The number of carbonyl (C=O) groups excluding carboxylic acids is 1. The molecule has 1 saturated heterocycles. The van der Waals surface area contributed by atoms with E-state index in [1.54, 1.807) is 11.0 Å². The molecule has 27 heavy (non-hydrogen) atoms. The summed E-state index contributed by atoms with van der Waals surface area (Å²) in [6.07, 6.45) is 3.55. The van der Waals surface area contributed by atoms with Gasteiger partial charge >= 0.3 is 6.03 Å². The summed E-state index contributed by atoms with van der Waals surface area (Å²) in [5.74, 6) is 0.0195. The van der Waals surface area contributed by atoms with Crippen molar-refractivity contribution in [1.29, 1.82) is 0 Å². The number of pyridine rings is 1. The van der Waals surface area contributed by atoms with Gasteiger partial charge in [-0.3, -0.25) is 5.32 Å². The number of benzene rings is 1. The normalized spacial score (nSPS) is 20.4. The summed E-state index contributed by atoms with van der Waals surface area (Å²) in [4.78, 5) is 22.6. The quantitative estimate of drug-likeness (QED) is 0.702. The third-order valence-corrected chi connectivity index (χ3v) is 5.24. The number of carbonyl (C=O) groups is 1. The zero-order valence-corrected chi connectivity index (χ0v) is 14.3. The van der Waals surface area contributed by atoms with E-state index >= 15 is 0 Å². The summed E-state index contributed by atoms with van der Waals surface area (Å²) in [6, 6.07) is 10.6. The van der Waals surface area contributed by atoms with E-state index in [1.807, 2.05) is 30.3 Å². The minimum Gasteiger partial charge on any atom is -0.332 e. The summed E-state index contributed by atoms with van der Waals surface area (Å²) < 4.78 is 19.3. The van der Waals surface area contributed by atoms with Crippen LogP contribution in [0, 0.1) is 5.95 Å². The lowest BCUT2D eigenvalue weighted by molar-refractivity contribution is 0.178. The number of anilines is 1. The second kappa shape index (κ2) is 6.15. The van der Waals surface area contributed by atoms with Crippen LogP contribution in [-0.4, -0.2) is 32.1 Å². The van der Waals surface area contributed by atoms with E-state index in [4.69, 9.17) is 4.52 Å². The summed E-state index contributed by atoms with van der Waals surface area (Å²) in [5.41, 5.74) is 2.24. The molecule has 0 spiro atoms. The Kier molecular flexibility index (Phi) is 3.63. The molecule has 2 aromatic heterocycles. The van der Waals surface area contributed by atoms with Crippen LogP contribution in [0.2, 0.25) is 0 Å². The van der Waals surface area contributed by atoms with E-state index in [0.717, 1.165) is 24.0 Å². The Morgan fingerprint density at radius 3 is 2.93 bits per heavy atom. The van der Waals surface area contributed by atoms with E-state index in [9.17, 15) is 9.18 Å². The molecule has 2 aliphatic heterocycles. The molecule has 7 nitrogen and oxygen atoms in total. The zero-order chi connectivity index (χ0) is 18.4. The van der Waals surface area contributed by atoms with E-state index in [0.29, 0.717) is 17.9 Å². The van der Waals surface area contributed by atoms with E-state index in [2.05, 4.69) is 20.4 Å². The Bertz CT molecular complexity index is 1010. The molecule has 2 atom stereocenters. The first-order valence-corrected chi connectivity index (χ1v) is 8.82. The molecule has 1 aromatic carbocycles. The molecule has 5 rings (SSSR count). The van der Waals surface area contributed by atoms with Gasteiger partial charge in [-0.25, -0.2) is 9.78 Å². The van der Waals surface area contributed by atoms with Gasteiger partial charge in [0.25, 0.3) is 11.8 Å². The van der Waals surface area contributed by atoms with Gasteiger partial charge in [-0.1, -0.05) is 18.2 Å². The Morgan fingerprint density at radius 2 is 2.07 bits per heavy atom. The lowest BCUT2D eigenvalue weighted by atomic mass is 9.95. The standard InChI is InChI=1S/C19H16FN5O2/c20-16-14-10-12-6-7-15(13(14)8-9-21-16)25(12)19(26)23-18-22-17(27-24-18)11-4-2-1-3-5-11/h1-5,8-9,12,15H,6-7,10H2,(H,23,24,26)/t12-,15+/m0/s1. The van der Waals surface area contributed by atoms with Crippen molar-refractivity contribution in [3.8, 4) is 11.5 Å². The third kappa shape index (κ3) is 2.64. The van der Waals surface area contributed by atoms with Crippen LogP contribution in [0.5, 0.6) is 0 Å². The molecule has 2 bridgehead atoms. The van der Waals surface area contributed by atoms with Crippen LogP contribution in [0.3, 0.4) is 0 Å². The fraction of sp³-hybridized carbons (Fsp3) is 0.263. The van der Waals surface area contributed by atoms with Gasteiger partial charge in [0.15, 0.2) is 0 Å². The molecule has 2 aliphatic rings. The van der Waals surface area contributed by atoms with Gasteiger partial charge in [0.1, 0.15) is 0 Å². The number of amides is 2. The summed E-state index contributed by atoms with van der Waals surface area (Å²) in [7, 11) is 0. The van der Waals surface area contributed by atoms with Gasteiger partial charge in [-0.15, -0.1) is 0 Å². The lowest BCUT2D eigenvalue weighted by Crippen LogP contribution is -2.44. The molecule has 0 radical (unpaired) electrons. The molecule has 0 unspecified atom stereocenters. The average molecular weight is 365 g/mol. The van der Waals surface area contributed by atoms with Gasteiger partial charge in [0.05, 0.1) is 6.04 Å². The Balaban J connectivity index is 1.37. The fourth-order valence-corrected chi connectivity index (χ4v) is 4.06. The predicted molar refractivity (Wildman–Crippen MR) is 94.3 cm³/mol. The van der Waals surface area contributed by atoms with Gasteiger partial charge in [-0.05, 0) is 48.2 Å². The molecule has 3 aromatic rings. The summed E-state index contributed by atoms with van der Waals surface area (Å²) in [6.45, 7) is 0. The largest absolute Gasteiger partial charge is 0.332 e. The van der Waals surface area contributed by atoms with Crippen LogP contribution in [0.15, 0.2) is 47.1 Å². The predicted octanol–water partition coefficient (Wildman–Crippen LogP) is 3.56. The fourth-order valence-electron chi connectivity index (χ4n) is 4.06. The first kappa shape index (κ1) is 15.9. The Hall–Kier alpha value is -3.29. The number of rotatable bonds is 2. The highest BCUT2D eigenvalue weighted by Gasteiger charge is 2.44. The SMILES string of the molecule is O=C(Nc1noc(-c2ccccc2)n1)N1[C@H]2CC[C@@H]1c1ccnc(F)c1C2. The molecule has 0 aliphatic carbocycles. The number of urea groups is 1. The highest BCUT2D eigenvalue weighted by atomic mass is 19.1. The summed E-state index contributed by atoms with van der Waals surface area (Å²) >= 11 is 0. The van der Waals surface area contributed by atoms with Crippen LogP contribution in [0.1, 0.15) is 30.0 Å². The maximum absolute atomic E-state index is 14.0. The minimum atomic E-state index is -0.435. The van der Waals surface area contributed by atoms with Gasteiger partial charge in [0, 0.05) is 23.4 Å². The molecule has 1 N–H and O–H groups in total. The first-order valence-electron chi connectivity index (χ1n) is 8.82. The van der Waals surface area contributed by atoms with Crippen LogP contribution in [0.4, 0.5) is 15.1 Å². The molecule has 8 heteroatoms. The lowest BCUT2D eigenvalue weighted by Gasteiger charge is -2.35. The van der Waals surface area contributed by atoms with Crippen LogP contribution >= 0.6 is 0 Å². The zero-order valence-electron chi connectivity index (χ0n) is 14.3. The number of aromatic nitrogens is 3. The molecule has 4 heterocycles. The average Bonchev–Trinajstić information content (AvgIpc) is 3.27. The number of nitrogens with zero attached hydrogens (tertiary/aromatic N) is 4. The second-order valence-electron chi connectivity index (χ2n) is 6.75. The van der Waals surface area contributed by atoms with Crippen molar-refractivity contribution in [2.75, 3.05) is 5.32 Å².